The molecule has 0 unspecified atom stereocenters. The van der Waals surface area contributed by atoms with Crippen LogP contribution in [0.2, 0.25) is 0 Å². The van der Waals surface area contributed by atoms with Crippen LogP contribution in [-0.4, -0.2) is 5.96 Å². The first-order valence-corrected chi connectivity index (χ1v) is 6.99. The van der Waals surface area contributed by atoms with E-state index in [0.717, 1.165) is 17.7 Å². The molecule has 22 heavy (non-hydrogen) atoms. The van der Waals surface area contributed by atoms with E-state index in [2.05, 4.69) is 17.2 Å². The van der Waals surface area contributed by atoms with Gasteiger partial charge in [0.15, 0.2) is 5.96 Å². The van der Waals surface area contributed by atoms with Crippen LogP contribution in [0.4, 0.5) is 10.1 Å². The smallest absolute Gasteiger partial charge is 0.193 e. The van der Waals surface area contributed by atoms with Crippen molar-refractivity contribution < 1.29 is 4.39 Å². The Kier molecular flexibility index (Phi) is 7.31. The van der Waals surface area contributed by atoms with E-state index < -0.39 is 0 Å². The van der Waals surface area contributed by atoms with Gasteiger partial charge >= 0.3 is 0 Å². The summed E-state index contributed by atoms with van der Waals surface area (Å²) in [7, 11) is 0. The third-order valence-electron chi connectivity index (χ3n) is 3.30. The Balaban J connectivity index is 0.00000242. The maximum atomic E-state index is 13.4. The number of nitrogens with two attached hydrogens (primary N) is 1. The zero-order valence-corrected chi connectivity index (χ0v) is 15.1. The van der Waals surface area contributed by atoms with Crippen molar-refractivity contribution in [2.24, 2.45) is 10.7 Å². The maximum Gasteiger partial charge on any atom is 0.193 e. The van der Waals surface area contributed by atoms with Crippen molar-refractivity contribution >= 4 is 35.6 Å². The van der Waals surface area contributed by atoms with Crippen molar-refractivity contribution in [1.29, 1.82) is 0 Å². The molecule has 3 N–H and O–H groups in total. The lowest BCUT2D eigenvalue weighted by Crippen LogP contribution is -2.22. The van der Waals surface area contributed by atoms with Gasteiger partial charge < -0.3 is 11.1 Å². The first kappa shape index (κ1) is 18.4. The molecule has 118 valence electrons. The Bertz CT molecular complexity index is 639. The highest BCUT2D eigenvalue weighted by Crippen LogP contribution is 2.11. The molecule has 0 aliphatic carbocycles. The van der Waals surface area contributed by atoms with Gasteiger partial charge in [-0.25, -0.2) is 9.38 Å². The summed E-state index contributed by atoms with van der Waals surface area (Å²) < 4.78 is 13.4. The second-order valence-corrected chi connectivity index (χ2v) is 4.96. The van der Waals surface area contributed by atoms with Crippen LogP contribution in [0.25, 0.3) is 0 Å². The Morgan fingerprint density at radius 1 is 1.14 bits per heavy atom. The third-order valence-corrected chi connectivity index (χ3v) is 3.30. The minimum Gasteiger partial charge on any atom is -0.370 e. The summed E-state index contributed by atoms with van der Waals surface area (Å²) in [5.74, 6) is 0.101. The molecule has 0 fully saturated rings. The number of nitrogens with one attached hydrogen (secondary N) is 1. The molecule has 0 aliphatic rings. The van der Waals surface area contributed by atoms with Gasteiger partial charge in [0.1, 0.15) is 5.82 Å². The molecule has 2 rings (SSSR count). The summed E-state index contributed by atoms with van der Waals surface area (Å²) in [4.78, 5) is 4.22. The molecule has 0 atom stereocenters. The van der Waals surface area contributed by atoms with Crippen molar-refractivity contribution in [3.8, 4) is 0 Å². The molecule has 0 radical (unpaired) electrons. The Hall–Kier alpha value is -1.63. The van der Waals surface area contributed by atoms with E-state index in [9.17, 15) is 4.39 Å². The van der Waals surface area contributed by atoms with Gasteiger partial charge in [0.25, 0.3) is 0 Å². The predicted molar refractivity (Wildman–Crippen MR) is 101 cm³/mol. The highest BCUT2D eigenvalue weighted by Gasteiger charge is 2.00. The number of anilines is 1. The molecule has 0 amide bonds. The molecule has 0 saturated carbocycles. The Morgan fingerprint density at radius 2 is 1.77 bits per heavy atom. The minimum absolute atomic E-state index is 0. The van der Waals surface area contributed by atoms with E-state index in [-0.39, 0.29) is 29.8 Å². The molecule has 0 aromatic heterocycles. The fourth-order valence-electron chi connectivity index (χ4n) is 1.92. The molecule has 2 aromatic rings. The van der Waals surface area contributed by atoms with Crippen molar-refractivity contribution in [2.75, 3.05) is 5.32 Å². The highest BCUT2D eigenvalue weighted by molar-refractivity contribution is 14.0. The average Bonchev–Trinajstić information content (AvgIpc) is 2.49. The molecule has 0 saturated heterocycles. The number of hydrogen-bond acceptors (Lipinski definition) is 1. The van der Waals surface area contributed by atoms with Crippen LogP contribution in [0.3, 0.4) is 0 Å². The van der Waals surface area contributed by atoms with Crippen LogP contribution in [-0.2, 0) is 13.0 Å². The number of guanidine groups is 1. The molecule has 0 aliphatic heterocycles. The summed E-state index contributed by atoms with van der Waals surface area (Å²) in [6, 6.07) is 13.1. The zero-order valence-electron chi connectivity index (χ0n) is 12.8. The summed E-state index contributed by atoms with van der Waals surface area (Å²) >= 11 is 0. The van der Waals surface area contributed by atoms with Gasteiger partial charge in [-0.3, -0.25) is 0 Å². The van der Waals surface area contributed by atoms with Gasteiger partial charge in [-0.2, -0.15) is 0 Å². The van der Waals surface area contributed by atoms with E-state index in [4.69, 9.17) is 5.73 Å². The Labute approximate surface area is 147 Å². The molecule has 0 heterocycles. The van der Waals surface area contributed by atoms with Crippen LogP contribution < -0.4 is 11.1 Å². The first-order valence-electron chi connectivity index (χ1n) is 6.99. The van der Waals surface area contributed by atoms with Crippen molar-refractivity contribution in [3.05, 3.63) is 65.0 Å². The maximum absolute atomic E-state index is 13.4. The molecule has 0 bridgehead atoms. The number of benzene rings is 2. The summed E-state index contributed by atoms with van der Waals surface area (Å²) in [5.41, 5.74) is 9.42. The lowest BCUT2D eigenvalue weighted by molar-refractivity contribution is 0.616. The van der Waals surface area contributed by atoms with Gasteiger partial charge in [0.2, 0.25) is 0 Å². The number of nitrogens with zero attached hydrogens (tertiary/aromatic N) is 1. The summed E-state index contributed by atoms with van der Waals surface area (Å²) in [6.07, 6.45) is 1.00. The van der Waals surface area contributed by atoms with Crippen LogP contribution in [0.15, 0.2) is 47.5 Å². The third kappa shape index (κ3) is 5.29. The quantitative estimate of drug-likeness (QED) is 0.448. The molecule has 5 heteroatoms. The van der Waals surface area contributed by atoms with Gasteiger partial charge in [0.05, 0.1) is 6.54 Å². The topological polar surface area (TPSA) is 50.4 Å². The van der Waals surface area contributed by atoms with Crippen LogP contribution in [0.1, 0.15) is 23.6 Å². The molecule has 0 spiro atoms. The molecular formula is C17H21FIN3. The molecular weight excluding hydrogens is 392 g/mol. The summed E-state index contributed by atoms with van der Waals surface area (Å²) in [6.45, 7) is 4.19. The lowest BCUT2D eigenvalue weighted by Gasteiger charge is -2.07. The number of rotatable bonds is 4. The number of halogens is 2. The number of aliphatic imine (C=N–C) groups is 1. The first-order chi connectivity index (χ1) is 10.1. The van der Waals surface area contributed by atoms with Gasteiger partial charge in [0, 0.05) is 5.69 Å². The minimum atomic E-state index is -0.218. The molecule has 2 aromatic carbocycles. The fraction of sp³-hybridized carbons (Fsp3) is 0.235. The van der Waals surface area contributed by atoms with E-state index in [1.807, 2.05) is 30.3 Å². The summed E-state index contributed by atoms with van der Waals surface area (Å²) in [5, 5.41) is 3.02. The monoisotopic (exact) mass is 413 g/mol. The zero-order chi connectivity index (χ0) is 15.2. The highest BCUT2D eigenvalue weighted by atomic mass is 127. The van der Waals surface area contributed by atoms with Gasteiger partial charge in [-0.15, -0.1) is 24.0 Å². The van der Waals surface area contributed by atoms with Crippen LogP contribution in [0.5, 0.6) is 0 Å². The van der Waals surface area contributed by atoms with Crippen molar-refractivity contribution in [2.45, 2.75) is 26.8 Å². The predicted octanol–water partition coefficient (Wildman–Crippen LogP) is 4.24. The van der Waals surface area contributed by atoms with E-state index in [0.29, 0.717) is 18.1 Å². The van der Waals surface area contributed by atoms with Crippen LogP contribution >= 0.6 is 24.0 Å². The number of aryl methyl sites for hydroxylation is 2. The largest absolute Gasteiger partial charge is 0.370 e. The fourth-order valence-corrected chi connectivity index (χ4v) is 1.92. The second kappa shape index (κ2) is 8.73. The van der Waals surface area contributed by atoms with Crippen molar-refractivity contribution in [1.82, 2.24) is 0 Å². The van der Waals surface area contributed by atoms with Gasteiger partial charge in [-0.1, -0.05) is 31.2 Å². The normalized spacial score (nSPS) is 11.0. The van der Waals surface area contributed by atoms with E-state index >= 15 is 0 Å². The van der Waals surface area contributed by atoms with Crippen molar-refractivity contribution in [3.63, 3.8) is 0 Å². The SMILES string of the molecule is CCc1ccc(NC(N)=NCc2ccc(C)c(F)c2)cc1.I. The lowest BCUT2D eigenvalue weighted by atomic mass is 10.1. The second-order valence-electron chi connectivity index (χ2n) is 4.96. The van der Waals surface area contributed by atoms with Gasteiger partial charge in [-0.05, 0) is 48.2 Å². The Morgan fingerprint density at radius 3 is 2.36 bits per heavy atom. The number of hydrogen-bond donors (Lipinski definition) is 2. The van der Waals surface area contributed by atoms with E-state index in [1.54, 1.807) is 13.0 Å². The van der Waals surface area contributed by atoms with Crippen LogP contribution in [0, 0.1) is 12.7 Å². The average molecular weight is 413 g/mol. The van der Waals surface area contributed by atoms with E-state index in [1.165, 1.54) is 11.6 Å². The molecule has 3 nitrogen and oxygen atoms in total. The standard InChI is InChI=1S/C17H20FN3.HI/c1-3-13-6-8-15(9-7-13)21-17(19)20-11-14-5-4-12(2)16(18)10-14;/h4-10H,3,11H2,1-2H3,(H3,19,20,21);1H.